The average Bonchev–Trinajstić information content (AvgIpc) is 3.60. The van der Waals surface area contributed by atoms with Crippen molar-refractivity contribution in [1.82, 2.24) is 9.47 Å². The van der Waals surface area contributed by atoms with Gasteiger partial charge in [0.25, 0.3) is 0 Å². The molecule has 2 aromatic rings. The molecule has 0 amide bonds. The zero-order chi connectivity index (χ0) is 23.3. The van der Waals surface area contributed by atoms with Gasteiger partial charge in [0.2, 0.25) is 5.43 Å². The van der Waals surface area contributed by atoms with Crippen molar-refractivity contribution in [2.45, 2.75) is 68.7 Å². The van der Waals surface area contributed by atoms with Crippen LogP contribution in [-0.2, 0) is 5.54 Å². The Balaban J connectivity index is 1.60. The van der Waals surface area contributed by atoms with Crippen molar-refractivity contribution in [1.29, 1.82) is 0 Å². The Bertz CT molecular complexity index is 1250. The van der Waals surface area contributed by atoms with Crippen LogP contribution < -0.4 is 11.2 Å². The molecule has 176 valence electrons. The van der Waals surface area contributed by atoms with Crippen LogP contribution in [0.1, 0.15) is 66.9 Å². The summed E-state index contributed by atoms with van der Waals surface area (Å²) in [6.45, 7) is 1.45. The van der Waals surface area contributed by atoms with Gasteiger partial charge in [-0.2, -0.15) is 0 Å². The molecule has 6 rings (SSSR count). The summed E-state index contributed by atoms with van der Waals surface area (Å²) in [4.78, 5) is 26.9. The van der Waals surface area contributed by atoms with Crippen molar-refractivity contribution < 1.29 is 18.7 Å². The van der Waals surface area contributed by atoms with Crippen LogP contribution in [0.2, 0.25) is 5.02 Å². The molecule has 9 heteroatoms. The molecule has 4 aliphatic rings. The topological polar surface area (TPSA) is 88.6 Å². The summed E-state index contributed by atoms with van der Waals surface area (Å²) in [6, 6.07) is 0.532. The van der Waals surface area contributed by atoms with Crippen molar-refractivity contribution in [3.05, 3.63) is 44.5 Å². The maximum Gasteiger partial charge on any atom is 0.341 e. The van der Waals surface area contributed by atoms with E-state index >= 15 is 4.39 Å². The molecule has 3 aliphatic carbocycles. The van der Waals surface area contributed by atoms with Crippen molar-refractivity contribution >= 4 is 28.5 Å². The van der Waals surface area contributed by atoms with Gasteiger partial charge in [-0.3, -0.25) is 9.69 Å². The first-order valence-corrected chi connectivity index (χ1v) is 12.0. The van der Waals surface area contributed by atoms with Gasteiger partial charge in [-0.25, -0.2) is 13.6 Å². The first kappa shape index (κ1) is 21.5. The normalized spacial score (nSPS) is 29.8. The Labute approximate surface area is 194 Å². The number of rotatable bonds is 4. The molecule has 0 radical (unpaired) electrons. The number of likely N-dealkylation sites (tertiary alicyclic amines) is 1. The van der Waals surface area contributed by atoms with Gasteiger partial charge in [-0.15, -0.1) is 0 Å². The maximum atomic E-state index is 15.9. The van der Waals surface area contributed by atoms with Gasteiger partial charge >= 0.3 is 5.97 Å². The molecule has 6 nitrogen and oxygen atoms in total. The number of alkyl halides is 1. The number of nitrogens with two attached hydrogens (primary N) is 1. The lowest BCUT2D eigenvalue weighted by Gasteiger charge is -2.40. The van der Waals surface area contributed by atoms with Crippen molar-refractivity contribution in [3.8, 4) is 0 Å². The predicted molar refractivity (Wildman–Crippen MR) is 120 cm³/mol. The second-order valence-electron chi connectivity index (χ2n) is 10.4. The fourth-order valence-corrected chi connectivity index (χ4v) is 6.88. The number of carboxylic acid groups (broad SMARTS) is 1. The number of fused-ring (bicyclic) bond motifs is 1. The number of benzene rings is 1. The molecule has 1 aromatic carbocycles. The summed E-state index contributed by atoms with van der Waals surface area (Å²) in [6.07, 6.45) is 5.66. The van der Waals surface area contributed by atoms with Crippen LogP contribution in [0.3, 0.4) is 0 Å². The second kappa shape index (κ2) is 6.99. The smallest absolute Gasteiger partial charge is 0.341 e. The van der Waals surface area contributed by atoms with Crippen LogP contribution in [0.15, 0.2) is 17.1 Å². The molecule has 1 aromatic heterocycles. The van der Waals surface area contributed by atoms with Gasteiger partial charge in [0.15, 0.2) is 0 Å². The van der Waals surface area contributed by atoms with Gasteiger partial charge in [0.05, 0.1) is 27.5 Å². The fraction of sp³-hybridized carbons (Fsp3) is 0.583. The fourth-order valence-electron chi connectivity index (χ4n) is 6.41. The number of carbonyl (C=O) groups is 1. The third kappa shape index (κ3) is 2.96. The number of aromatic carboxylic acids is 1. The predicted octanol–water partition coefficient (Wildman–Crippen LogP) is 3.97. The van der Waals surface area contributed by atoms with Gasteiger partial charge in [-0.05, 0) is 37.2 Å². The van der Waals surface area contributed by atoms with Crippen LogP contribution in [0.5, 0.6) is 0 Å². The number of carboxylic acids is 1. The zero-order valence-corrected chi connectivity index (χ0v) is 18.9. The van der Waals surface area contributed by atoms with E-state index in [4.69, 9.17) is 17.3 Å². The number of halogens is 3. The lowest BCUT2D eigenvalue weighted by atomic mass is 9.84. The summed E-state index contributed by atoms with van der Waals surface area (Å²) in [5.74, 6) is -2.04. The van der Waals surface area contributed by atoms with Gasteiger partial charge < -0.3 is 15.4 Å². The van der Waals surface area contributed by atoms with Crippen LogP contribution in [0, 0.1) is 11.2 Å². The Kier molecular flexibility index (Phi) is 4.56. The van der Waals surface area contributed by atoms with Crippen molar-refractivity contribution in [2.24, 2.45) is 11.1 Å². The monoisotopic (exact) mass is 477 g/mol. The van der Waals surface area contributed by atoms with E-state index in [0.29, 0.717) is 12.1 Å². The van der Waals surface area contributed by atoms with E-state index in [1.54, 1.807) is 0 Å². The van der Waals surface area contributed by atoms with Crippen molar-refractivity contribution in [3.63, 3.8) is 0 Å². The summed E-state index contributed by atoms with van der Waals surface area (Å²) in [5, 5.41) is 9.46. The highest BCUT2D eigenvalue weighted by atomic mass is 35.5. The summed E-state index contributed by atoms with van der Waals surface area (Å²) in [7, 11) is 0. The zero-order valence-electron chi connectivity index (χ0n) is 18.1. The minimum absolute atomic E-state index is 0.0346. The Morgan fingerprint density at radius 1 is 1.24 bits per heavy atom. The van der Waals surface area contributed by atoms with E-state index in [0.717, 1.165) is 57.3 Å². The highest BCUT2D eigenvalue weighted by Crippen LogP contribution is 2.58. The van der Waals surface area contributed by atoms with E-state index < -0.39 is 40.5 Å². The SMILES string of the molecule is N[C@@H]1CN(C2(c3c(F)cc4c(=O)c(C(=O)O)cn([C@@H]5C[C@@H]5F)c4c3Cl)CCCC2)CC12CC2. The van der Waals surface area contributed by atoms with Crippen LogP contribution in [0.25, 0.3) is 10.9 Å². The minimum Gasteiger partial charge on any atom is -0.477 e. The van der Waals surface area contributed by atoms with E-state index in [-0.39, 0.29) is 33.8 Å². The van der Waals surface area contributed by atoms with E-state index in [2.05, 4.69) is 4.90 Å². The molecule has 33 heavy (non-hydrogen) atoms. The number of pyridine rings is 1. The van der Waals surface area contributed by atoms with Gasteiger partial charge in [0, 0.05) is 37.3 Å². The summed E-state index contributed by atoms with van der Waals surface area (Å²) in [5.41, 5.74) is 5.19. The quantitative estimate of drug-likeness (QED) is 0.695. The minimum atomic E-state index is -1.43. The molecule has 1 spiro atoms. The Hall–Kier alpha value is -2.03. The number of aromatic nitrogens is 1. The van der Waals surface area contributed by atoms with Crippen molar-refractivity contribution in [2.75, 3.05) is 13.1 Å². The highest BCUT2D eigenvalue weighted by Gasteiger charge is 2.58. The summed E-state index contributed by atoms with van der Waals surface area (Å²) >= 11 is 6.92. The van der Waals surface area contributed by atoms with Gasteiger partial charge in [0.1, 0.15) is 17.6 Å². The molecule has 4 fully saturated rings. The molecule has 3 N–H and O–H groups in total. The highest BCUT2D eigenvalue weighted by molar-refractivity contribution is 6.36. The maximum absolute atomic E-state index is 15.9. The molecule has 1 saturated heterocycles. The largest absolute Gasteiger partial charge is 0.477 e. The molecule has 0 bridgehead atoms. The Morgan fingerprint density at radius 3 is 2.45 bits per heavy atom. The number of nitrogens with zero attached hydrogens (tertiary/aromatic N) is 2. The second-order valence-corrected chi connectivity index (χ2v) is 10.8. The molecular formula is C24H26ClF2N3O3. The van der Waals surface area contributed by atoms with E-state index in [1.165, 1.54) is 4.57 Å². The molecule has 0 unspecified atom stereocenters. The van der Waals surface area contributed by atoms with Gasteiger partial charge in [-0.1, -0.05) is 24.4 Å². The standard InChI is InChI=1S/C24H26ClF2N3O3/c25-19-18(24(3-1-2-4-24)29-10-17(28)23(11-29)5-6-23)15(27)7-12-20(19)30(16-8-14(16)26)9-13(21(12)31)22(32)33/h7,9,14,16-17H,1-6,8,10-11,28H2,(H,32,33)/t14-,16+,17+/m0/s1. The van der Waals surface area contributed by atoms with Crippen LogP contribution >= 0.6 is 11.6 Å². The Morgan fingerprint density at radius 2 is 1.91 bits per heavy atom. The van der Waals surface area contributed by atoms with Crippen LogP contribution in [0.4, 0.5) is 8.78 Å². The number of hydrogen-bond acceptors (Lipinski definition) is 4. The van der Waals surface area contributed by atoms with E-state index in [9.17, 15) is 19.1 Å². The lowest BCUT2D eigenvalue weighted by molar-refractivity contribution is 0.0694. The first-order valence-electron chi connectivity index (χ1n) is 11.6. The molecule has 3 atom stereocenters. The molecule has 3 saturated carbocycles. The lowest BCUT2D eigenvalue weighted by Crippen LogP contribution is -2.45. The molecule has 2 heterocycles. The first-order chi connectivity index (χ1) is 15.7. The third-order valence-corrected chi connectivity index (χ3v) is 8.95. The summed E-state index contributed by atoms with van der Waals surface area (Å²) < 4.78 is 31.4. The number of hydrogen-bond donors (Lipinski definition) is 2. The third-order valence-electron chi connectivity index (χ3n) is 8.58. The average molecular weight is 478 g/mol. The molecule has 1 aliphatic heterocycles. The molecular weight excluding hydrogens is 452 g/mol. The van der Waals surface area contributed by atoms with E-state index in [1.807, 2.05) is 0 Å². The van der Waals surface area contributed by atoms with Crippen LogP contribution in [-0.4, -0.2) is 45.8 Å².